The van der Waals surface area contributed by atoms with Gasteiger partial charge in [-0.2, -0.15) is 0 Å². The molecule has 1 aliphatic rings. The molecule has 0 aliphatic heterocycles. The lowest BCUT2D eigenvalue weighted by molar-refractivity contribution is 0.490. The average molecular weight is 300 g/mol. The number of aryl methyl sites for hydroxylation is 3. The molecule has 2 aromatic rings. The standard InChI is InChI=1S/C20H22F2/c1-3-13-5-6-16-12-17(8-7-15(16)9-13)20-18(21)10-14(4-2)11-19(20)22/h5-6,9-11,17H,3-4,7-8,12H2,1-2H3. The van der Waals surface area contributed by atoms with E-state index in [4.69, 9.17) is 0 Å². The summed E-state index contributed by atoms with van der Waals surface area (Å²) in [5.41, 5.74) is 4.93. The molecule has 22 heavy (non-hydrogen) atoms. The van der Waals surface area contributed by atoms with E-state index < -0.39 is 0 Å². The summed E-state index contributed by atoms with van der Waals surface area (Å²) in [6.45, 7) is 4.06. The Labute approximate surface area is 131 Å². The van der Waals surface area contributed by atoms with Crippen LogP contribution in [0.4, 0.5) is 8.78 Å². The normalized spacial score (nSPS) is 17.4. The van der Waals surface area contributed by atoms with Gasteiger partial charge in [0.25, 0.3) is 0 Å². The molecular weight excluding hydrogens is 278 g/mol. The van der Waals surface area contributed by atoms with E-state index in [2.05, 4.69) is 25.1 Å². The fraction of sp³-hybridized carbons (Fsp3) is 0.400. The highest BCUT2D eigenvalue weighted by Gasteiger charge is 2.25. The number of halogens is 2. The predicted octanol–water partition coefficient (Wildman–Crippen LogP) is 5.36. The lowest BCUT2D eigenvalue weighted by Crippen LogP contribution is -2.16. The van der Waals surface area contributed by atoms with E-state index in [0.29, 0.717) is 6.42 Å². The van der Waals surface area contributed by atoms with Crippen molar-refractivity contribution in [3.8, 4) is 0 Å². The summed E-state index contributed by atoms with van der Waals surface area (Å²) in [4.78, 5) is 0. The van der Waals surface area contributed by atoms with Crippen molar-refractivity contribution in [2.24, 2.45) is 0 Å². The molecule has 0 spiro atoms. The largest absolute Gasteiger partial charge is 0.207 e. The molecule has 0 nitrogen and oxygen atoms in total. The minimum absolute atomic E-state index is 0.0501. The molecule has 2 aromatic carbocycles. The van der Waals surface area contributed by atoms with Gasteiger partial charge in [-0.3, -0.25) is 0 Å². The second-order valence-corrected chi connectivity index (χ2v) is 6.22. The second-order valence-electron chi connectivity index (χ2n) is 6.22. The molecule has 0 fully saturated rings. The van der Waals surface area contributed by atoms with Crippen LogP contribution < -0.4 is 0 Å². The SMILES string of the molecule is CCc1cc(F)c(C2CCc3cc(CC)ccc3C2)c(F)c1. The quantitative estimate of drug-likeness (QED) is 0.715. The molecule has 0 amide bonds. The van der Waals surface area contributed by atoms with Gasteiger partial charge in [0, 0.05) is 5.56 Å². The average Bonchev–Trinajstić information content (AvgIpc) is 2.53. The molecule has 116 valence electrons. The van der Waals surface area contributed by atoms with Gasteiger partial charge in [-0.1, -0.05) is 32.0 Å². The molecule has 1 aliphatic carbocycles. The maximum atomic E-state index is 14.3. The van der Waals surface area contributed by atoms with Crippen molar-refractivity contribution in [1.82, 2.24) is 0 Å². The van der Waals surface area contributed by atoms with Crippen LogP contribution in [0.15, 0.2) is 30.3 Å². The zero-order chi connectivity index (χ0) is 15.7. The number of hydrogen-bond donors (Lipinski definition) is 0. The monoisotopic (exact) mass is 300 g/mol. The summed E-state index contributed by atoms with van der Waals surface area (Å²) in [6.07, 6.45) is 4.14. The smallest absolute Gasteiger partial charge is 0.129 e. The van der Waals surface area contributed by atoms with E-state index in [1.807, 2.05) is 6.92 Å². The van der Waals surface area contributed by atoms with E-state index in [-0.39, 0.29) is 23.1 Å². The fourth-order valence-corrected chi connectivity index (χ4v) is 3.51. The molecule has 3 rings (SSSR count). The van der Waals surface area contributed by atoms with Crippen LogP contribution in [-0.2, 0) is 25.7 Å². The summed E-state index contributed by atoms with van der Waals surface area (Å²) >= 11 is 0. The van der Waals surface area contributed by atoms with Crippen LogP contribution in [0.1, 0.15) is 54.0 Å². The Kier molecular flexibility index (Phi) is 4.28. The molecule has 1 atom stereocenters. The molecule has 0 N–H and O–H groups in total. The highest BCUT2D eigenvalue weighted by atomic mass is 19.1. The number of fused-ring (bicyclic) bond motifs is 1. The number of benzene rings is 2. The number of rotatable bonds is 3. The molecule has 2 heteroatoms. The fourth-order valence-electron chi connectivity index (χ4n) is 3.51. The van der Waals surface area contributed by atoms with Crippen LogP contribution >= 0.6 is 0 Å². The maximum Gasteiger partial charge on any atom is 0.129 e. The third-order valence-electron chi connectivity index (χ3n) is 4.86. The minimum Gasteiger partial charge on any atom is -0.207 e. The molecule has 1 unspecified atom stereocenters. The van der Waals surface area contributed by atoms with Crippen molar-refractivity contribution < 1.29 is 8.78 Å². The van der Waals surface area contributed by atoms with Crippen molar-refractivity contribution in [1.29, 1.82) is 0 Å². The Bertz CT molecular complexity index is 665. The van der Waals surface area contributed by atoms with Gasteiger partial charge in [-0.15, -0.1) is 0 Å². The Hall–Kier alpha value is -1.70. The molecule has 0 aromatic heterocycles. The van der Waals surface area contributed by atoms with Crippen molar-refractivity contribution in [3.63, 3.8) is 0 Å². The third-order valence-corrected chi connectivity index (χ3v) is 4.86. The van der Waals surface area contributed by atoms with Crippen LogP contribution in [0.3, 0.4) is 0 Å². The van der Waals surface area contributed by atoms with Crippen molar-refractivity contribution in [3.05, 3.63) is 69.8 Å². The summed E-state index contributed by atoms with van der Waals surface area (Å²) in [6, 6.07) is 9.51. The molecule has 0 bridgehead atoms. The first-order valence-electron chi connectivity index (χ1n) is 8.20. The van der Waals surface area contributed by atoms with Crippen LogP contribution in [0.5, 0.6) is 0 Å². The third kappa shape index (κ3) is 2.79. The molecule has 0 radical (unpaired) electrons. The first-order valence-corrected chi connectivity index (χ1v) is 8.20. The van der Waals surface area contributed by atoms with Gasteiger partial charge < -0.3 is 0 Å². The Morgan fingerprint density at radius 1 is 0.909 bits per heavy atom. The molecule has 0 heterocycles. The zero-order valence-electron chi connectivity index (χ0n) is 13.3. The Morgan fingerprint density at radius 3 is 2.23 bits per heavy atom. The first kappa shape index (κ1) is 15.2. The lowest BCUT2D eigenvalue weighted by Gasteiger charge is -2.26. The molecular formula is C20H22F2. The van der Waals surface area contributed by atoms with Gasteiger partial charge in [-0.25, -0.2) is 8.78 Å². The van der Waals surface area contributed by atoms with Gasteiger partial charge in [-0.05, 0) is 72.4 Å². The van der Waals surface area contributed by atoms with Crippen LogP contribution in [0, 0.1) is 11.6 Å². The second kappa shape index (κ2) is 6.20. The van der Waals surface area contributed by atoms with Crippen molar-refractivity contribution in [2.75, 3.05) is 0 Å². The van der Waals surface area contributed by atoms with Gasteiger partial charge in [0.1, 0.15) is 11.6 Å². The number of hydrogen-bond acceptors (Lipinski definition) is 0. The summed E-state index contributed by atoms with van der Waals surface area (Å²) in [5.74, 6) is -0.808. The summed E-state index contributed by atoms with van der Waals surface area (Å²) < 4.78 is 28.7. The van der Waals surface area contributed by atoms with Crippen LogP contribution in [0.2, 0.25) is 0 Å². The van der Waals surface area contributed by atoms with E-state index >= 15 is 0 Å². The maximum absolute atomic E-state index is 14.3. The van der Waals surface area contributed by atoms with Gasteiger partial charge in [0.05, 0.1) is 0 Å². The molecule has 0 saturated heterocycles. The minimum atomic E-state index is -0.379. The highest BCUT2D eigenvalue weighted by molar-refractivity contribution is 5.38. The van der Waals surface area contributed by atoms with E-state index in [1.165, 1.54) is 28.8 Å². The van der Waals surface area contributed by atoms with E-state index in [0.717, 1.165) is 31.2 Å². The van der Waals surface area contributed by atoms with Gasteiger partial charge in [0.15, 0.2) is 0 Å². The van der Waals surface area contributed by atoms with Crippen LogP contribution in [-0.4, -0.2) is 0 Å². The molecule has 0 saturated carbocycles. The Balaban J connectivity index is 1.92. The topological polar surface area (TPSA) is 0 Å². The van der Waals surface area contributed by atoms with Crippen LogP contribution in [0.25, 0.3) is 0 Å². The van der Waals surface area contributed by atoms with Gasteiger partial charge >= 0.3 is 0 Å². The first-order chi connectivity index (χ1) is 10.6. The predicted molar refractivity (Wildman–Crippen MR) is 86.3 cm³/mol. The Morgan fingerprint density at radius 2 is 1.59 bits per heavy atom. The van der Waals surface area contributed by atoms with Gasteiger partial charge in [0.2, 0.25) is 0 Å². The zero-order valence-corrected chi connectivity index (χ0v) is 13.3. The van der Waals surface area contributed by atoms with Crippen molar-refractivity contribution >= 4 is 0 Å². The van der Waals surface area contributed by atoms with E-state index in [9.17, 15) is 8.78 Å². The highest BCUT2D eigenvalue weighted by Crippen LogP contribution is 2.36. The van der Waals surface area contributed by atoms with Crippen molar-refractivity contribution in [2.45, 2.75) is 51.9 Å². The lowest BCUT2D eigenvalue weighted by atomic mass is 9.79. The summed E-state index contributed by atoms with van der Waals surface area (Å²) in [5, 5.41) is 0. The van der Waals surface area contributed by atoms with E-state index in [1.54, 1.807) is 0 Å². The summed E-state index contributed by atoms with van der Waals surface area (Å²) in [7, 11) is 0.